The van der Waals surface area contributed by atoms with Gasteiger partial charge >= 0.3 is 0 Å². The highest BCUT2D eigenvalue weighted by Gasteiger charge is 2.19. The zero-order valence-electron chi connectivity index (χ0n) is 10.8. The summed E-state index contributed by atoms with van der Waals surface area (Å²) in [6, 6.07) is 6.77. The van der Waals surface area contributed by atoms with Gasteiger partial charge in [-0.05, 0) is 25.0 Å². The normalized spacial score (nSPS) is 13.5. The number of rotatable bonds is 7. The molecule has 102 valence electrons. The molecule has 18 heavy (non-hydrogen) atoms. The predicted octanol–water partition coefficient (Wildman–Crippen LogP) is 3.28. The van der Waals surface area contributed by atoms with Crippen LogP contribution in [-0.2, 0) is 15.9 Å². The van der Waals surface area contributed by atoms with Gasteiger partial charge in [-0.2, -0.15) is 0 Å². The quantitative estimate of drug-likeness (QED) is 0.783. The monoisotopic (exact) mass is 289 g/mol. The van der Waals surface area contributed by atoms with Crippen molar-refractivity contribution in [3.05, 3.63) is 29.8 Å². The van der Waals surface area contributed by atoms with Gasteiger partial charge in [0.25, 0.3) is 0 Å². The lowest BCUT2D eigenvalue weighted by Gasteiger charge is -2.15. The fourth-order valence-corrected chi connectivity index (χ4v) is 3.60. The van der Waals surface area contributed by atoms with Crippen molar-refractivity contribution in [1.29, 1.82) is 0 Å². The number of halogens is 1. The molecule has 5 heteroatoms. The van der Waals surface area contributed by atoms with Gasteiger partial charge in [0.15, 0.2) is 0 Å². The smallest absolute Gasteiger partial charge is 0.208 e. The Morgan fingerprint density at radius 3 is 2.61 bits per heavy atom. The van der Waals surface area contributed by atoms with Gasteiger partial charge in [0.05, 0.1) is 4.90 Å². The minimum Gasteiger partial charge on any atom is -0.208 e. The maximum absolute atomic E-state index is 12.2. The minimum absolute atomic E-state index is 0.0571. The number of hydrogen-bond acceptors (Lipinski definition) is 2. The summed E-state index contributed by atoms with van der Waals surface area (Å²) in [6.45, 7) is 3.97. The lowest BCUT2D eigenvalue weighted by Crippen LogP contribution is -2.33. The van der Waals surface area contributed by atoms with Crippen LogP contribution in [0.3, 0.4) is 0 Å². The van der Waals surface area contributed by atoms with Crippen LogP contribution in [0.25, 0.3) is 0 Å². The Morgan fingerprint density at radius 1 is 1.33 bits per heavy atom. The molecule has 0 spiro atoms. The molecule has 0 aliphatic heterocycles. The van der Waals surface area contributed by atoms with Gasteiger partial charge < -0.3 is 0 Å². The van der Waals surface area contributed by atoms with Crippen molar-refractivity contribution in [3.8, 4) is 0 Å². The molecule has 0 saturated carbocycles. The summed E-state index contributed by atoms with van der Waals surface area (Å²) in [6.07, 6.45) is 2.92. The first-order chi connectivity index (χ1) is 8.51. The third-order valence-electron chi connectivity index (χ3n) is 2.75. The van der Waals surface area contributed by atoms with E-state index >= 15 is 0 Å². The molecule has 0 radical (unpaired) electrons. The number of benzene rings is 1. The summed E-state index contributed by atoms with van der Waals surface area (Å²) in [5.41, 5.74) is 0.634. The van der Waals surface area contributed by atoms with E-state index < -0.39 is 10.0 Å². The summed E-state index contributed by atoms with van der Waals surface area (Å²) < 4.78 is 27.1. The molecule has 1 N–H and O–H groups in total. The van der Waals surface area contributed by atoms with E-state index in [-0.39, 0.29) is 16.8 Å². The number of unbranched alkanes of at least 4 members (excludes halogenated alkanes) is 1. The standard InChI is InChI=1S/C13H20ClNO2S/c1-3-4-7-11(2)15-18(16,17)13-9-6-5-8-12(13)10-14/h5-6,8-9,11,15H,3-4,7,10H2,1-2H3. The second-order valence-corrected chi connectivity index (χ2v) is 6.36. The van der Waals surface area contributed by atoms with Gasteiger partial charge in [0.2, 0.25) is 10.0 Å². The fourth-order valence-electron chi connectivity index (χ4n) is 1.77. The van der Waals surface area contributed by atoms with Gasteiger partial charge in [-0.15, -0.1) is 11.6 Å². The van der Waals surface area contributed by atoms with E-state index in [9.17, 15) is 8.42 Å². The highest BCUT2D eigenvalue weighted by molar-refractivity contribution is 7.89. The second kappa shape index (κ2) is 7.12. The molecule has 1 rings (SSSR count). The lowest BCUT2D eigenvalue weighted by molar-refractivity contribution is 0.534. The molecular weight excluding hydrogens is 270 g/mol. The number of alkyl halides is 1. The topological polar surface area (TPSA) is 46.2 Å². The first kappa shape index (κ1) is 15.5. The molecule has 1 aromatic carbocycles. The molecule has 0 fully saturated rings. The van der Waals surface area contributed by atoms with E-state index in [1.807, 2.05) is 6.92 Å². The average molecular weight is 290 g/mol. The maximum Gasteiger partial charge on any atom is 0.241 e. The zero-order chi connectivity index (χ0) is 13.6. The molecule has 0 saturated heterocycles. The molecule has 0 amide bonds. The summed E-state index contributed by atoms with van der Waals surface area (Å²) in [7, 11) is -3.47. The minimum atomic E-state index is -3.47. The van der Waals surface area contributed by atoms with Crippen LogP contribution >= 0.6 is 11.6 Å². The summed E-state index contributed by atoms with van der Waals surface area (Å²) >= 11 is 5.77. The molecule has 0 bridgehead atoms. The first-order valence-electron chi connectivity index (χ1n) is 6.17. The van der Waals surface area contributed by atoms with E-state index in [1.165, 1.54) is 0 Å². The van der Waals surface area contributed by atoms with Gasteiger partial charge in [-0.3, -0.25) is 0 Å². The van der Waals surface area contributed by atoms with Gasteiger partial charge in [-0.25, -0.2) is 13.1 Å². The highest BCUT2D eigenvalue weighted by Crippen LogP contribution is 2.18. The summed E-state index contributed by atoms with van der Waals surface area (Å²) in [5, 5.41) is 0. The number of sulfonamides is 1. The van der Waals surface area contributed by atoms with Gasteiger partial charge in [0, 0.05) is 11.9 Å². The zero-order valence-corrected chi connectivity index (χ0v) is 12.4. The van der Waals surface area contributed by atoms with E-state index in [0.29, 0.717) is 5.56 Å². The first-order valence-corrected chi connectivity index (χ1v) is 8.19. The molecule has 1 unspecified atom stereocenters. The Balaban J connectivity index is 2.86. The Morgan fingerprint density at radius 2 is 2.00 bits per heavy atom. The molecule has 0 aliphatic carbocycles. The van der Waals surface area contributed by atoms with Crippen molar-refractivity contribution < 1.29 is 8.42 Å². The molecule has 0 heterocycles. The summed E-state index contributed by atoms with van der Waals surface area (Å²) in [4.78, 5) is 0.281. The third kappa shape index (κ3) is 4.26. The van der Waals surface area contributed by atoms with Crippen LogP contribution in [0.4, 0.5) is 0 Å². The van der Waals surface area contributed by atoms with Gasteiger partial charge in [-0.1, -0.05) is 38.0 Å². The van der Waals surface area contributed by atoms with Crippen molar-refractivity contribution >= 4 is 21.6 Å². The van der Waals surface area contributed by atoms with Crippen LogP contribution in [-0.4, -0.2) is 14.5 Å². The molecule has 0 aromatic heterocycles. The van der Waals surface area contributed by atoms with Crippen LogP contribution in [0.2, 0.25) is 0 Å². The Labute approximate surface area is 115 Å². The van der Waals surface area contributed by atoms with Crippen LogP contribution in [0, 0.1) is 0 Å². The van der Waals surface area contributed by atoms with Crippen molar-refractivity contribution in [2.75, 3.05) is 0 Å². The van der Waals surface area contributed by atoms with Crippen molar-refractivity contribution in [3.63, 3.8) is 0 Å². The Hall–Kier alpha value is -0.580. The van der Waals surface area contributed by atoms with E-state index in [1.54, 1.807) is 24.3 Å². The lowest BCUT2D eigenvalue weighted by atomic mass is 10.2. The third-order valence-corrected chi connectivity index (χ3v) is 4.73. The second-order valence-electron chi connectivity index (χ2n) is 4.41. The molecule has 3 nitrogen and oxygen atoms in total. The average Bonchev–Trinajstić information content (AvgIpc) is 2.35. The predicted molar refractivity (Wildman–Crippen MR) is 75.3 cm³/mol. The van der Waals surface area contributed by atoms with Crippen LogP contribution in [0.1, 0.15) is 38.7 Å². The van der Waals surface area contributed by atoms with Crippen LogP contribution < -0.4 is 4.72 Å². The van der Waals surface area contributed by atoms with Crippen molar-refractivity contribution in [2.24, 2.45) is 0 Å². The molecule has 0 aliphatic rings. The SMILES string of the molecule is CCCCC(C)NS(=O)(=O)c1ccccc1CCl. The maximum atomic E-state index is 12.2. The van der Waals surface area contributed by atoms with Crippen molar-refractivity contribution in [2.45, 2.75) is 49.9 Å². The fraction of sp³-hybridized carbons (Fsp3) is 0.538. The van der Waals surface area contributed by atoms with Crippen LogP contribution in [0.15, 0.2) is 29.2 Å². The summed E-state index contributed by atoms with van der Waals surface area (Å²) in [5.74, 6) is 0.195. The van der Waals surface area contributed by atoms with Crippen molar-refractivity contribution in [1.82, 2.24) is 4.72 Å². The van der Waals surface area contributed by atoms with E-state index in [4.69, 9.17) is 11.6 Å². The Kier molecular flexibility index (Phi) is 6.12. The highest BCUT2D eigenvalue weighted by atomic mass is 35.5. The molecule has 1 aromatic rings. The molecular formula is C13H20ClNO2S. The van der Waals surface area contributed by atoms with Gasteiger partial charge in [0.1, 0.15) is 0 Å². The van der Waals surface area contributed by atoms with E-state index in [0.717, 1.165) is 19.3 Å². The molecule has 1 atom stereocenters. The Bertz CT molecular complexity index is 474. The number of nitrogens with one attached hydrogen (secondary N) is 1. The largest absolute Gasteiger partial charge is 0.241 e. The number of hydrogen-bond donors (Lipinski definition) is 1. The van der Waals surface area contributed by atoms with Crippen LogP contribution in [0.5, 0.6) is 0 Å². The van der Waals surface area contributed by atoms with E-state index in [2.05, 4.69) is 11.6 Å².